The van der Waals surface area contributed by atoms with Crippen molar-refractivity contribution >= 4 is 23.1 Å². The second-order valence-corrected chi connectivity index (χ2v) is 11.4. The topological polar surface area (TPSA) is 152 Å². The number of nitrogens with zero attached hydrogens (tertiary/aromatic N) is 1. The van der Waals surface area contributed by atoms with Crippen LogP contribution in [-0.4, -0.2) is 87.9 Å². The number of hydrogen-bond acceptors (Lipinski definition) is 9. The highest BCUT2D eigenvalue weighted by molar-refractivity contribution is 6.04. The van der Waals surface area contributed by atoms with Crippen molar-refractivity contribution in [3.8, 4) is 16.9 Å². The third-order valence-corrected chi connectivity index (χ3v) is 7.97. The number of benzene rings is 2. The van der Waals surface area contributed by atoms with Crippen LogP contribution in [0.2, 0.25) is 0 Å². The first-order chi connectivity index (χ1) is 19.4. The Morgan fingerprint density at radius 1 is 1.05 bits per heavy atom. The molecule has 0 spiro atoms. The number of phenolic OH excluding ortho intramolecular Hbond substituents is 1. The number of phenols is 1. The summed E-state index contributed by atoms with van der Waals surface area (Å²) in [5.74, 6) is -2.87. The van der Waals surface area contributed by atoms with Crippen LogP contribution in [0.15, 0.2) is 36.4 Å². The van der Waals surface area contributed by atoms with E-state index in [2.05, 4.69) is 0 Å². The Bertz CT molecular complexity index is 1270. The van der Waals surface area contributed by atoms with Crippen molar-refractivity contribution in [1.82, 2.24) is 4.90 Å². The highest BCUT2D eigenvalue weighted by atomic mass is 16.3. The number of hydrogen-bond donors (Lipinski definition) is 4. The van der Waals surface area contributed by atoms with Gasteiger partial charge in [0.25, 0.3) is 0 Å². The lowest BCUT2D eigenvalue weighted by molar-refractivity contribution is -0.152. The van der Waals surface area contributed by atoms with Gasteiger partial charge in [-0.2, -0.15) is 0 Å². The Kier molecular flexibility index (Phi) is 11.1. The zero-order chi connectivity index (χ0) is 30.3. The van der Waals surface area contributed by atoms with Crippen LogP contribution in [0, 0.1) is 11.8 Å². The molecule has 3 rings (SSSR count). The highest BCUT2D eigenvalue weighted by Crippen LogP contribution is 2.41. The van der Waals surface area contributed by atoms with Crippen molar-refractivity contribution in [3.05, 3.63) is 53.1 Å². The first-order valence-electron chi connectivity index (χ1n) is 14.0. The Morgan fingerprint density at radius 3 is 2.32 bits per heavy atom. The van der Waals surface area contributed by atoms with Gasteiger partial charge >= 0.3 is 0 Å². The lowest BCUT2D eigenvalue weighted by Crippen LogP contribution is -2.51. The molecule has 2 aromatic carbocycles. The van der Waals surface area contributed by atoms with Crippen LogP contribution < -0.4 is 0 Å². The van der Waals surface area contributed by atoms with Crippen LogP contribution in [0.25, 0.3) is 11.1 Å². The van der Waals surface area contributed by atoms with Crippen LogP contribution in [-0.2, 0) is 16.0 Å². The number of carbonyl (C=O) groups excluding carboxylic acids is 4. The number of ketones is 4. The molecule has 0 fully saturated rings. The largest absolute Gasteiger partial charge is 0.507 e. The summed E-state index contributed by atoms with van der Waals surface area (Å²) in [7, 11) is 3.92. The monoisotopic (exact) mass is 567 g/mol. The van der Waals surface area contributed by atoms with Gasteiger partial charge in [-0.05, 0) is 87.8 Å². The first-order valence-corrected chi connectivity index (χ1v) is 14.0. The predicted molar refractivity (Wildman–Crippen MR) is 154 cm³/mol. The molecule has 0 aliphatic heterocycles. The maximum Gasteiger partial charge on any atom is 0.174 e. The summed E-state index contributed by atoms with van der Waals surface area (Å²) in [6, 6.07) is 10.4. The summed E-state index contributed by atoms with van der Waals surface area (Å²) < 4.78 is 0. The lowest BCUT2D eigenvalue weighted by atomic mass is 9.71. The average molecular weight is 568 g/mol. The molecule has 0 heterocycles. The van der Waals surface area contributed by atoms with Crippen molar-refractivity contribution in [2.24, 2.45) is 11.8 Å². The van der Waals surface area contributed by atoms with Crippen molar-refractivity contribution in [2.45, 2.75) is 57.5 Å². The van der Waals surface area contributed by atoms with Crippen LogP contribution in [0.5, 0.6) is 5.75 Å². The zero-order valence-electron chi connectivity index (χ0n) is 24.1. The summed E-state index contributed by atoms with van der Waals surface area (Å²) >= 11 is 0. The molecule has 3 atom stereocenters. The van der Waals surface area contributed by atoms with Gasteiger partial charge in [-0.1, -0.05) is 30.3 Å². The van der Waals surface area contributed by atoms with E-state index in [4.69, 9.17) is 0 Å². The van der Waals surface area contributed by atoms with E-state index in [0.29, 0.717) is 24.0 Å². The van der Waals surface area contributed by atoms with Gasteiger partial charge in [0, 0.05) is 25.0 Å². The molecule has 9 heteroatoms. The summed E-state index contributed by atoms with van der Waals surface area (Å²) in [5.41, 5.74) is 0.725. The molecule has 1 aliphatic carbocycles. The molecule has 0 aromatic heterocycles. The van der Waals surface area contributed by atoms with Gasteiger partial charge in [0.1, 0.15) is 17.1 Å². The van der Waals surface area contributed by atoms with E-state index < -0.39 is 36.1 Å². The molecule has 0 radical (unpaired) electrons. The van der Waals surface area contributed by atoms with E-state index in [-0.39, 0.29) is 54.7 Å². The smallest absolute Gasteiger partial charge is 0.174 e. The Labute approximate surface area is 240 Å². The van der Waals surface area contributed by atoms with Gasteiger partial charge in [0.05, 0.1) is 18.6 Å². The second kappa shape index (κ2) is 14.1. The fourth-order valence-electron chi connectivity index (χ4n) is 5.79. The number of aromatic hydroxyl groups is 1. The minimum atomic E-state index is -2.23. The van der Waals surface area contributed by atoms with E-state index in [1.54, 1.807) is 18.2 Å². The third kappa shape index (κ3) is 7.74. The van der Waals surface area contributed by atoms with Crippen LogP contribution >= 0.6 is 0 Å². The molecule has 1 aliphatic rings. The van der Waals surface area contributed by atoms with E-state index in [1.807, 2.05) is 31.1 Å². The van der Waals surface area contributed by atoms with Crippen molar-refractivity contribution < 1.29 is 39.6 Å². The maximum atomic E-state index is 13.2. The van der Waals surface area contributed by atoms with Crippen LogP contribution in [0.1, 0.15) is 71.7 Å². The van der Waals surface area contributed by atoms with Crippen LogP contribution in [0.4, 0.5) is 0 Å². The van der Waals surface area contributed by atoms with Gasteiger partial charge in [0.15, 0.2) is 17.3 Å². The molecule has 0 saturated carbocycles. The summed E-state index contributed by atoms with van der Waals surface area (Å²) in [4.78, 5) is 52.2. The fourth-order valence-corrected chi connectivity index (χ4v) is 5.79. The number of aliphatic hydroxyl groups excluding tert-OH is 2. The van der Waals surface area contributed by atoms with Crippen LogP contribution in [0.3, 0.4) is 0 Å². The van der Waals surface area contributed by atoms with Gasteiger partial charge in [-0.15, -0.1) is 0 Å². The maximum absolute atomic E-state index is 13.2. The van der Waals surface area contributed by atoms with E-state index in [1.165, 1.54) is 13.0 Å². The normalized spacial score (nSPS) is 17.1. The minimum Gasteiger partial charge on any atom is -0.507 e. The van der Waals surface area contributed by atoms with Gasteiger partial charge in [-0.3, -0.25) is 19.2 Å². The van der Waals surface area contributed by atoms with E-state index >= 15 is 0 Å². The van der Waals surface area contributed by atoms with E-state index in [9.17, 15) is 39.6 Å². The lowest BCUT2D eigenvalue weighted by Gasteiger charge is -2.36. The van der Waals surface area contributed by atoms with Crippen molar-refractivity contribution in [1.29, 1.82) is 0 Å². The molecule has 4 N–H and O–H groups in total. The molecule has 41 heavy (non-hydrogen) atoms. The highest BCUT2D eigenvalue weighted by Gasteiger charge is 2.44. The molecule has 9 nitrogen and oxygen atoms in total. The fraction of sp³-hybridized carbons (Fsp3) is 0.500. The van der Waals surface area contributed by atoms with Crippen molar-refractivity contribution in [3.63, 3.8) is 0 Å². The molecule has 2 aromatic rings. The van der Waals surface area contributed by atoms with Gasteiger partial charge in [-0.25, -0.2) is 0 Å². The molecule has 0 bridgehead atoms. The Hall–Kier alpha value is -3.24. The SMILES string of the molecule is CC(=O)CC(=O)[C@@](O)(CO)[C@H](CCO)CC1CC(=O)c2c(O)ccc(-c3ccc(C(=O)CCCN(C)C)cc3)c2C1. The minimum absolute atomic E-state index is 0.00478. The number of Topliss-reactive ketones (excluding diaryl/α,β-unsaturated/α-hetero) is 4. The Balaban J connectivity index is 1.89. The van der Waals surface area contributed by atoms with Crippen molar-refractivity contribution in [2.75, 3.05) is 33.9 Å². The van der Waals surface area contributed by atoms with Gasteiger partial charge < -0.3 is 25.3 Å². The van der Waals surface area contributed by atoms with Gasteiger partial charge in [0.2, 0.25) is 0 Å². The number of fused-ring (bicyclic) bond motifs is 1. The molecular weight excluding hydrogens is 526 g/mol. The third-order valence-electron chi connectivity index (χ3n) is 7.97. The number of aliphatic hydroxyl groups is 3. The standard InChI is InChI=1S/C32H41NO8/c1-20(36)15-30(40)32(41,19-35)24(12-14-34)16-21-17-26-25(10-11-28(38)31(26)29(39)18-21)22-6-8-23(9-7-22)27(37)5-4-13-33(2)3/h6-11,21,24,34-35,38,41H,4-5,12-19H2,1-3H3/t21?,24-,32-/m1/s1. The first kappa shape index (κ1) is 32.3. The number of rotatable bonds is 15. The molecule has 222 valence electrons. The molecule has 0 amide bonds. The molecular formula is C32H41NO8. The quantitative estimate of drug-likeness (QED) is 0.188. The molecule has 0 saturated heterocycles. The average Bonchev–Trinajstić information content (AvgIpc) is 2.91. The Morgan fingerprint density at radius 2 is 1.73 bits per heavy atom. The number of carbonyl (C=O) groups is 4. The summed E-state index contributed by atoms with van der Waals surface area (Å²) in [6.45, 7) is 0.769. The summed E-state index contributed by atoms with van der Waals surface area (Å²) in [5, 5.41) is 41.3. The zero-order valence-corrected chi connectivity index (χ0v) is 24.1. The summed E-state index contributed by atoms with van der Waals surface area (Å²) in [6.07, 6.45) is 1.18. The van der Waals surface area contributed by atoms with E-state index in [0.717, 1.165) is 24.1 Å². The molecule has 1 unspecified atom stereocenters. The second-order valence-electron chi connectivity index (χ2n) is 11.4. The predicted octanol–water partition coefficient (Wildman–Crippen LogP) is 2.99.